The molecule has 0 fully saturated rings. The van der Waals surface area contributed by atoms with Crippen LogP contribution in [0.3, 0.4) is 0 Å². The second-order valence-electron chi connectivity index (χ2n) is 5.57. The first kappa shape index (κ1) is 18.5. The molecule has 0 aliphatic carbocycles. The summed E-state index contributed by atoms with van der Waals surface area (Å²) < 4.78 is 13.3. The highest BCUT2D eigenvalue weighted by Gasteiger charge is 2.09. The van der Waals surface area contributed by atoms with Gasteiger partial charge in [0.05, 0.1) is 26.2 Å². The average Bonchev–Trinajstić information content (AvgIpc) is 3.09. The van der Waals surface area contributed by atoms with Crippen LogP contribution >= 0.6 is 24.0 Å². The number of hydrogen-bond acceptors (Lipinski definition) is 5. The fraction of sp³-hybridized carbons (Fsp3) is 0.278. The van der Waals surface area contributed by atoms with Crippen molar-refractivity contribution < 1.29 is 13.9 Å². The molecular weight excluding hydrogens is 368 g/mol. The third-order valence-electron chi connectivity index (χ3n) is 3.83. The molecule has 3 rings (SSSR count). The molecule has 2 N–H and O–H groups in total. The number of H-pyrrole nitrogens is 1. The zero-order valence-corrected chi connectivity index (χ0v) is 16.3. The first-order valence-corrected chi connectivity index (χ1v) is 9.54. The molecule has 136 valence electrons. The topological polar surface area (TPSA) is 63.3 Å². The Morgan fingerprint density at radius 2 is 2.15 bits per heavy atom. The molecule has 2 heterocycles. The second kappa shape index (κ2) is 8.86. The van der Waals surface area contributed by atoms with Gasteiger partial charge in [0.15, 0.2) is 11.5 Å². The Labute approximate surface area is 161 Å². The Morgan fingerprint density at radius 1 is 1.31 bits per heavy atom. The summed E-state index contributed by atoms with van der Waals surface area (Å²) in [4.78, 5) is 7.54. The molecule has 0 amide bonds. The van der Waals surface area contributed by atoms with Gasteiger partial charge in [0, 0.05) is 12.6 Å². The van der Waals surface area contributed by atoms with Crippen LogP contribution in [0.25, 0.3) is 5.78 Å². The predicted molar refractivity (Wildman–Crippen MR) is 107 cm³/mol. The van der Waals surface area contributed by atoms with Gasteiger partial charge in [-0.25, -0.2) is 9.38 Å². The Balaban J connectivity index is 1.45. The Bertz CT molecular complexity index is 865. The lowest BCUT2D eigenvalue weighted by Gasteiger charge is -2.10. The fourth-order valence-corrected chi connectivity index (χ4v) is 3.46. The highest BCUT2D eigenvalue weighted by Crippen LogP contribution is 2.27. The highest BCUT2D eigenvalue weighted by atomic mass is 32.2. The Kier molecular flexibility index (Phi) is 6.30. The number of hydrogen-bond donors (Lipinski definition) is 2. The van der Waals surface area contributed by atoms with E-state index in [-0.39, 0.29) is 0 Å². The fourth-order valence-electron chi connectivity index (χ4n) is 2.54. The molecule has 0 saturated carbocycles. The largest absolute Gasteiger partial charge is 0.493 e. The number of imidazole rings is 1. The lowest BCUT2D eigenvalue weighted by atomic mass is 10.1. The van der Waals surface area contributed by atoms with Crippen LogP contribution < -0.4 is 19.2 Å². The van der Waals surface area contributed by atoms with Gasteiger partial charge in [-0.2, -0.15) is 0 Å². The van der Waals surface area contributed by atoms with Crippen LogP contribution in [0.2, 0.25) is 0 Å². The van der Waals surface area contributed by atoms with Gasteiger partial charge in [0.25, 0.3) is 0 Å². The maximum absolute atomic E-state index is 5.41. The van der Waals surface area contributed by atoms with Crippen LogP contribution in [0.4, 0.5) is 0 Å². The molecule has 26 heavy (non-hydrogen) atoms. The first-order chi connectivity index (χ1) is 12.7. The molecule has 0 aliphatic heterocycles. The summed E-state index contributed by atoms with van der Waals surface area (Å²) in [6.07, 6.45) is 6.62. The van der Waals surface area contributed by atoms with Crippen LogP contribution in [0, 0.1) is 0 Å². The van der Waals surface area contributed by atoms with E-state index in [1.165, 1.54) is 5.56 Å². The number of benzene rings is 1. The summed E-state index contributed by atoms with van der Waals surface area (Å²) in [5.41, 5.74) is 2.25. The molecule has 8 heteroatoms. The maximum atomic E-state index is 5.41. The number of thiocarbonyl (C=S) groups is 1. The van der Waals surface area contributed by atoms with Gasteiger partial charge in [-0.1, -0.05) is 35.0 Å². The van der Waals surface area contributed by atoms with Gasteiger partial charge < -0.3 is 14.8 Å². The zero-order chi connectivity index (χ0) is 18.4. The molecule has 0 atom stereocenters. The van der Waals surface area contributed by atoms with E-state index in [1.54, 1.807) is 32.2 Å². The van der Waals surface area contributed by atoms with Gasteiger partial charge in [0.2, 0.25) is 0 Å². The van der Waals surface area contributed by atoms with E-state index in [0.717, 1.165) is 46.0 Å². The molecule has 6 nitrogen and oxygen atoms in total. The van der Waals surface area contributed by atoms with Gasteiger partial charge in [-0.15, -0.1) is 0 Å². The van der Waals surface area contributed by atoms with Crippen molar-refractivity contribution in [3.8, 4) is 11.5 Å². The van der Waals surface area contributed by atoms with Crippen molar-refractivity contribution in [3.63, 3.8) is 0 Å². The maximum Gasteiger partial charge on any atom is 0.400 e. The number of ether oxygens (including phenoxy) is 2. The normalized spacial score (nSPS) is 10.7. The van der Waals surface area contributed by atoms with Gasteiger partial charge in [0.1, 0.15) is 22.4 Å². The molecule has 0 radical (unpaired) electrons. The number of thioether (sulfide) groups is 1. The summed E-state index contributed by atoms with van der Waals surface area (Å²) in [6, 6.07) is 7.85. The van der Waals surface area contributed by atoms with Crippen LogP contribution in [0.1, 0.15) is 11.3 Å². The highest BCUT2D eigenvalue weighted by molar-refractivity contribution is 8.22. The van der Waals surface area contributed by atoms with Gasteiger partial charge in [-0.05, 0) is 24.1 Å². The van der Waals surface area contributed by atoms with Gasteiger partial charge >= 0.3 is 5.78 Å². The lowest BCUT2D eigenvalue weighted by molar-refractivity contribution is -0.512. The summed E-state index contributed by atoms with van der Waals surface area (Å²) >= 11 is 7.01. The van der Waals surface area contributed by atoms with Crippen LogP contribution in [-0.2, 0) is 12.2 Å². The third-order valence-corrected chi connectivity index (χ3v) is 5.19. The summed E-state index contributed by atoms with van der Waals surface area (Å²) in [5, 5.41) is 3.29. The number of rotatable bonds is 7. The van der Waals surface area contributed by atoms with E-state index in [9.17, 15) is 0 Å². The van der Waals surface area contributed by atoms with E-state index < -0.39 is 0 Å². The monoisotopic (exact) mass is 389 g/mol. The number of nitrogens with one attached hydrogen (secondary N) is 2. The molecule has 0 aliphatic rings. The minimum Gasteiger partial charge on any atom is -0.493 e. The second-order valence-corrected chi connectivity index (χ2v) is 7.22. The molecule has 0 unspecified atom stereocenters. The van der Waals surface area contributed by atoms with Crippen molar-refractivity contribution in [2.75, 3.05) is 20.8 Å². The Hall–Kier alpha value is -2.32. The standard InChI is InChI=1S/C18H20N4O2S2/c1-23-15-5-4-13(10-16(15)24-2)6-8-20-18(25)26-12-14-11-22-9-3-7-19-17(22)21-14/h3-5,7,9-11H,6,8,12H2,1-2H3,(H,20,25)/p+1. The summed E-state index contributed by atoms with van der Waals surface area (Å²) in [7, 11) is 3.28. The number of methoxy groups -OCH3 is 2. The van der Waals surface area contributed by atoms with Crippen molar-refractivity contribution in [1.82, 2.24) is 15.3 Å². The van der Waals surface area contributed by atoms with E-state index in [2.05, 4.69) is 15.3 Å². The first-order valence-electron chi connectivity index (χ1n) is 8.15. The van der Waals surface area contributed by atoms with E-state index in [1.807, 2.05) is 41.1 Å². The van der Waals surface area contributed by atoms with Crippen molar-refractivity contribution >= 4 is 34.1 Å². The van der Waals surface area contributed by atoms with E-state index in [0.29, 0.717) is 0 Å². The van der Waals surface area contributed by atoms with Crippen molar-refractivity contribution in [2.24, 2.45) is 0 Å². The number of fused-ring (bicyclic) bond motifs is 1. The lowest BCUT2D eigenvalue weighted by Crippen LogP contribution is -2.21. The van der Waals surface area contributed by atoms with Crippen molar-refractivity contribution in [3.05, 3.63) is 54.1 Å². The molecule has 0 spiro atoms. The molecular formula is C18H21N4O2S2+. The van der Waals surface area contributed by atoms with Crippen LogP contribution in [0.5, 0.6) is 11.5 Å². The molecule has 0 bridgehead atoms. The van der Waals surface area contributed by atoms with E-state index >= 15 is 0 Å². The minimum absolute atomic E-state index is 0.737. The zero-order valence-electron chi connectivity index (χ0n) is 14.7. The van der Waals surface area contributed by atoms with Crippen LogP contribution in [-0.4, -0.2) is 35.1 Å². The third kappa shape index (κ3) is 4.64. The smallest absolute Gasteiger partial charge is 0.400 e. The van der Waals surface area contributed by atoms with Crippen molar-refractivity contribution in [1.29, 1.82) is 0 Å². The van der Waals surface area contributed by atoms with Gasteiger partial charge in [-0.3, -0.25) is 0 Å². The molecule has 2 aromatic heterocycles. The number of aromatic amines is 1. The quantitative estimate of drug-likeness (QED) is 0.478. The average molecular weight is 390 g/mol. The summed E-state index contributed by atoms with van der Waals surface area (Å²) in [5.74, 6) is 3.08. The van der Waals surface area contributed by atoms with E-state index in [4.69, 9.17) is 21.7 Å². The Morgan fingerprint density at radius 3 is 2.92 bits per heavy atom. The predicted octanol–water partition coefficient (Wildman–Crippen LogP) is 2.52. The minimum atomic E-state index is 0.737. The number of aromatic nitrogens is 3. The number of nitrogens with zero attached hydrogens (tertiary/aromatic N) is 2. The van der Waals surface area contributed by atoms with Crippen molar-refractivity contribution in [2.45, 2.75) is 12.2 Å². The molecule has 1 aromatic carbocycles. The molecule has 3 aromatic rings. The molecule has 0 saturated heterocycles. The SMILES string of the molecule is COc1ccc(CCNC(=S)SCc2c[n+]3cccnc3[nH]2)cc1OC. The summed E-state index contributed by atoms with van der Waals surface area (Å²) in [6.45, 7) is 0.768. The van der Waals surface area contributed by atoms with Crippen LogP contribution in [0.15, 0.2) is 42.9 Å².